The largest absolute Gasteiger partial charge is 0.347 e. The molecule has 1 fully saturated rings. The summed E-state index contributed by atoms with van der Waals surface area (Å²) in [5, 5.41) is 0. The molecule has 3 unspecified atom stereocenters. The highest BCUT2D eigenvalue weighted by Gasteiger charge is 2.33. The van der Waals surface area contributed by atoms with Crippen LogP contribution in [-0.4, -0.2) is 38.1 Å². The van der Waals surface area contributed by atoms with E-state index in [4.69, 9.17) is 0 Å². The van der Waals surface area contributed by atoms with E-state index in [-0.39, 0.29) is 0 Å². The molecule has 106 valence electrons. The van der Waals surface area contributed by atoms with E-state index in [0.717, 1.165) is 18.6 Å². The highest BCUT2D eigenvalue weighted by molar-refractivity contribution is 7.38. The van der Waals surface area contributed by atoms with E-state index in [1.54, 1.807) is 0 Å². The minimum absolute atomic E-state index is 0.858. The second-order valence-electron chi connectivity index (χ2n) is 6.37. The maximum absolute atomic E-state index is 2.51. The molecule has 0 aromatic heterocycles. The lowest BCUT2D eigenvalue weighted by atomic mass is 9.45. The highest BCUT2D eigenvalue weighted by Crippen LogP contribution is 2.39. The van der Waals surface area contributed by atoms with Crippen molar-refractivity contribution in [3.05, 3.63) is 0 Å². The van der Waals surface area contributed by atoms with E-state index in [1.807, 2.05) is 0 Å². The average molecular weight is 269 g/mol. The van der Waals surface area contributed by atoms with Crippen molar-refractivity contribution < 1.29 is 0 Å². The lowest BCUT2D eigenvalue weighted by molar-refractivity contribution is 0.452. The Morgan fingerprint density at radius 3 is 2.61 bits per heavy atom. The SMILES string of the molecule is CCCCCCCC(C)C1CPCCB1N(C)C. The molecule has 1 nitrogen and oxygen atoms in total. The Balaban J connectivity index is 2.27. The van der Waals surface area contributed by atoms with Gasteiger partial charge in [0, 0.05) is 0 Å². The fourth-order valence-corrected chi connectivity index (χ4v) is 5.09. The lowest BCUT2D eigenvalue weighted by Gasteiger charge is -2.37. The fourth-order valence-electron chi connectivity index (χ4n) is 3.37. The number of unbranched alkanes of at least 4 members (excludes halogenated alkanes) is 4. The van der Waals surface area contributed by atoms with Gasteiger partial charge in [0.25, 0.3) is 0 Å². The predicted octanol–water partition coefficient (Wildman–Crippen LogP) is 4.60. The number of nitrogens with zero attached hydrogens (tertiary/aromatic N) is 1. The molecule has 0 radical (unpaired) electrons. The number of hydrogen-bond donors (Lipinski definition) is 0. The van der Waals surface area contributed by atoms with Crippen LogP contribution in [-0.2, 0) is 0 Å². The first-order valence-electron chi connectivity index (χ1n) is 8.04. The van der Waals surface area contributed by atoms with Crippen LogP contribution in [0, 0.1) is 5.92 Å². The van der Waals surface area contributed by atoms with Gasteiger partial charge in [-0.2, -0.15) is 0 Å². The van der Waals surface area contributed by atoms with Crippen molar-refractivity contribution in [3.8, 4) is 0 Å². The molecule has 1 rings (SSSR count). The van der Waals surface area contributed by atoms with Gasteiger partial charge in [0.2, 0.25) is 6.85 Å². The smallest absolute Gasteiger partial charge is 0.226 e. The molecular formula is C15H33BNP. The second kappa shape index (κ2) is 9.37. The molecule has 3 atom stereocenters. The highest BCUT2D eigenvalue weighted by atomic mass is 31.1. The Morgan fingerprint density at radius 2 is 1.94 bits per heavy atom. The Hall–Kier alpha value is 0.455. The first-order valence-corrected chi connectivity index (χ1v) is 9.45. The van der Waals surface area contributed by atoms with Gasteiger partial charge in [-0.25, -0.2) is 0 Å². The summed E-state index contributed by atoms with van der Waals surface area (Å²) in [5.41, 5.74) is 0. The van der Waals surface area contributed by atoms with E-state index in [2.05, 4.69) is 32.8 Å². The summed E-state index contributed by atoms with van der Waals surface area (Å²) >= 11 is 0. The van der Waals surface area contributed by atoms with Crippen LogP contribution in [0.3, 0.4) is 0 Å². The molecule has 1 aliphatic heterocycles. The quantitative estimate of drug-likeness (QED) is 0.353. The van der Waals surface area contributed by atoms with Crippen molar-refractivity contribution >= 4 is 15.4 Å². The summed E-state index contributed by atoms with van der Waals surface area (Å²) in [4.78, 5) is 2.49. The van der Waals surface area contributed by atoms with Crippen molar-refractivity contribution in [2.75, 3.05) is 26.4 Å². The average Bonchev–Trinajstić information content (AvgIpc) is 2.38. The number of rotatable bonds is 8. The topological polar surface area (TPSA) is 3.24 Å². The molecule has 3 heteroatoms. The monoisotopic (exact) mass is 269 g/mol. The molecule has 0 saturated carbocycles. The third kappa shape index (κ3) is 5.62. The summed E-state index contributed by atoms with van der Waals surface area (Å²) in [5.74, 6) is 1.91. The van der Waals surface area contributed by atoms with Crippen molar-refractivity contribution in [3.63, 3.8) is 0 Å². The number of hydrogen-bond acceptors (Lipinski definition) is 1. The van der Waals surface area contributed by atoms with E-state index in [0.29, 0.717) is 0 Å². The van der Waals surface area contributed by atoms with Gasteiger partial charge in [-0.1, -0.05) is 58.7 Å². The van der Waals surface area contributed by atoms with Gasteiger partial charge in [0.1, 0.15) is 0 Å². The van der Waals surface area contributed by atoms with Crippen LogP contribution in [0.5, 0.6) is 0 Å². The van der Waals surface area contributed by atoms with Crippen LogP contribution < -0.4 is 0 Å². The summed E-state index contributed by atoms with van der Waals surface area (Å²) in [6, 6.07) is 0. The summed E-state index contributed by atoms with van der Waals surface area (Å²) in [7, 11) is 5.79. The maximum atomic E-state index is 2.51. The van der Waals surface area contributed by atoms with Gasteiger partial charge in [-0.05, 0) is 38.2 Å². The van der Waals surface area contributed by atoms with Gasteiger partial charge in [0.15, 0.2) is 0 Å². The van der Waals surface area contributed by atoms with Crippen LogP contribution in [0.1, 0.15) is 52.4 Å². The standard InChI is InChI=1S/C15H33BNP/c1-5-6-7-8-9-10-14(2)15-13-18-12-11-16(15)17(3)4/h14-15,18H,5-13H2,1-4H3. The molecule has 0 aromatic rings. The molecule has 1 aliphatic rings. The lowest BCUT2D eigenvalue weighted by Crippen LogP contribution is -2.42. The summed E-state index contributed by atoms with van der Waals surface area (Å²) in [6.07, 6.45) is 13.0. The molecule has 0 N–H and O–H groups in total. The molecule has 1 saturated heterocycles. The third-order valence-electron chi connectivity index (χ3n) is 4.65. The minimum atomic E-state index is 0.858. The van der Waals surface area contributed by atoms with Gasteiger partial charge in [0.05, 0.1) is 0 Å². The predicted molar refractivity (Wildman–Crippen MR) is 88.6 cm³/mol. The maximum Gasteiger partial charge on any atom is 0.226 e. The Morgan fingerprint density at radius 1 is 1.22 bits per heavy atom. The molecule has 0 spiro atoms. The minimum Gasteiger partial charge on any atom is -0.347 e. The molecule has 0 aliphatic carbocycles. The molecular weight excluding hydrogens is 236 g/mol. The zero-order valence-electron chi connectivity index (χ0n) is 13.0. The molecule has 0 amide bonds. The van der Waals surface area contributed by atoms with Gasteiger partial charge in [-0.3, -0.25) is 0 Å². The second-order valence-corrected chi connectivity index (χ2v) is 7.78. The van der Waals surface area contributed by atoms with Gasteiger partial charge < -0.3 is 4.81 Å². The fraction of sp³-hybridized carbons (Fsp3) is 1.00. The van der Waals surface area contributed by atoms with Crippen LogP contribution >= 0.6 is 8.58 Å². The summed E-state index contributed by atoms with van der Waals surface area (Å²) < 4.78 is 0. The van der Waals surface area contributed by atoms with E-state index < -0.39 is 0 Å². The first kappa shape index (κ1) is 16.5. The van der Waals surface area contributed by atoms with E-state index in [9.17, 15) is 0 Å². The van der Waals surface area contributed by atoms with Gasteiger partial charge in [-0.15, -0.1) is 8.58 Å². The zero-order chi connectivity index (χ0) is 13.4. The molecule has 0 bridgehead atoms. The zero-order valence-corrected chi connectivity index (χ0v) is 14.0. The summed E-state index contributed by atoms with van der Waals surface area (Å²) in [6.45, 7) is 5.67. The van der Waals surface area contributed by atoms with Crippen molar-refractivity contribution in [1.29, 1.82) is 0 Å². The Bertz CT molecular complexity index is 211. The van der Waals surface area contributed by atoms with Crippen molar-refractivity contribution in [1.82, 2.24) is 4.81 Å². The van der Waals surface area contributed by atoms with Crippen molar-refractivity contribution in [2.45, 2.75) is 64.5 Å². The van der Waals surface area contributed by atoms with Crippen molar-refractivity contribution in [2.24, 2.45) is 5.92 Å². The molecule has 1 heterocycles. The van der Waals surface area contributed by atoms with E-state index >= 15 is 0 Å². The Kier molecular flexibility index (Phi) is 8.60. The van der Waals surface area contributed by atoms with Crippen LogP contribution in [0.2, 0.25) is 12.1 Å². The van der Waals surface area contributed by atoms with Gasteiger partial charge >= 0.3 is 0 Å². The first-order chi connectivity index (χ1) is 8.66. The van der Waals surface area contributed by atoms with E-state index in [1.165, 1.54) is 65.7 Å². The molecule has 18 heavy (non-hydrogen) atoms. The third-order valence-corrected chi connectivity index (χ3v) is 6.05. The van der Waals surface area contributed by atoms with Crippen LogP contribution in [0.15, 0.2) is 0 Å². The van der Waals surface area contributed by atoms with Crippen LogP contribution in [0.4, 0.5) is 0 Å². The normalized spacial score (nSPS) is 23.8. The van der Waals surface area contributed by atoms with Crippen LogP contribution in [0.25, 0.3) is 0 Å². The Labute approximate surface area is 117 Å². The molecule has 0 aromatic carbocycles.